The minimum Gasteiger partial charge on any atom is -0.738 e. The van der Waals surface area contributed by atoms with E-state index in [1.807, 2.05) is 0 Å². The van der Waals surface area contributed by atoms with E-state index in [0.29, 0.717) is 0 Å². The molecule has 0 aromatic carbocycles. The van der Waals surface area contributed by atoms with Gasteiger partial charge >= 0.3 is 57.5 Å². The number of hydrogen-bond acceptors (Lipinski definition) is 4. The molecule has 2 N–H and O–H groups in total. The zero-order valence-electron chi connectivity index (χ0n) is 4.92. The Morgan fingerprint density at radius 1 is 1.56 bits per heavy atom. The van der Waals surface area contributed by atoms with Crippen LogP contribution in [0.15, 0.2) is 0 Å². The Labute approximate surface area is 100 Å². The van der Waals surface area contributed by atoms with Gasteiger partial charge in [0.15, 0.2) is 0 Å². The standard InChI is InChI=1S/C3H5NO3S.K/c4-3(6)7-1-2(5)8;/h1H2,(H2,4,6)(H,5,8);/q;+1/p-1. The summed E-state index contributed by atoms with van der Waals surface area (Å²) in [4.78, 5) is 19.5. The maximum Gasteiger partial charge on any atom is 1.00 e. The molecule has 0 bridgehead atoms. The van der Waals surface area contributed by atoms with E-state index in [1.165, 1.54) is 0 Å². The monoisotopic (exact) mass is 173 g/mol. The van der Waals surface area contributed by atoms with E-state index in [4.69, 9.17) is 0 Å². The molecule has 0 saturated heterocycles. The smallest absolute Gasteiger partial charge is 0.738 e. The Morgan fingerprint density at radius 2 is 2.00 bits per heavy atom. The van der Waals surface area contributed by atoms with Gasteiger partial charge in [-0.1, -0.05) is 0 Å². The fourth-order valence-corrected chi connectivity index (χ4v) is 0.189. The first kappa shape index (κ1) is 12.5. The van der Waals surface area contributed by atoms with Crippen LogP contribution in [-0.4, -0.2) is 17.8 Å². The van der Waals surface area contributed by atoms with E-state index in [1.54, 1.807) is 0 Å². The third-order valence-corrected chi connectivity index (χ3v) is 0.450. The van der Waals surface area contributed by atoms with Gasteiger partial charge in [-0.3, -0.25) is 0 Å². The van der Waals surface area contributed by atoms with Crippen molar-refractivity contribution < 1.29 is 65.7 Å². The van der Waals surface area contributed by atoms with Crippen molar-refractivity contribution in [3.8, 4) is 0 Å². The Balaban J connectivity index is 0. The van der Waals surface area contributed by atoms with Crippen LogP contribution in [0.3, 0.4) is 0 Å². The first-order valence-electron chi connectivity index (χ1n) is 1.75. The molecule has 0 saturated carbocycles. The van der Waals surface area contributed by atoms with E-state index in [2.05, 4.69) is 23.1 Å². The van der Waals surface area contributed by atoms with Gasteiger partial charge in [-0.2, -0.15) is 0 Å². The molecule has 4 nitrogen and oxygen atoms in total. The van der Waals surface area contributed by atoms with E-state index in [9.17, 15) is 9.59 Å². The van der Waals surface area contributed by atoms with E-state index in [-0.39, 0.29) is 51.4 Å². The molecular formula is C3H4KNO3S. The zero-order chi connectivity index (χ0) is 6.57. The van der Waals surface area contributed by atoms with Crippen LogP contribution in [-0.2, 0) is 22.2 Å². The van der Waals surface area contributed by atoms with Crippen molar-refractivity contribution in [2.24, 2.45) is 5.73 Å². The largest absolute Gasteiger partial charge is 1.00 e. The predicted molar refractivity (Wildman–Crippen MR) is 27.9 cm³/mol. The third kappa shape index (κ3) is 12.1. The van der Waals surface area contributed by atoms with Crippen molar-refractivity contribution in [1.82, 2.24) is 0 Å². The van der Waals surface area contributed by atoms with Gasteiger partial charge in [0.2, 0.25) is 0 Å². The van der Waals surface area contributed by atoms with Gasteiger partial charge in [0, 0.05) is 5.12 Å². The van der Waals surface area contributed by atoms with Gasteiger partial charge in [0.1, 0.15) is 6.61 Å². The Bertz CT molecular complexity index is 104. The van der Waals surface area contributed by atoms with Crippen LogP contribution in [0.2, 0.25) is 0 Å². The van der Waals surface area contributed by atoms with Crippen LogP contribution >= 0.6 is 0 Å². The topological polar surface area (TPSA) is 69.4 Å². The molecule has 0 aliphatic carbocycles. The number of hydrogen-bond donors (Lipinski definition) is 1. The summed E-state index contributed by atoms with van der Waals surface area (Å²) in [6.45, 7) is -0.412. The number of carbonyl (C=O) groups excluding carboxylic acids is 2. The predicted octanol–water partition coefficient (Wildman–Crippen LogP) is -3.84. The average molecular weight is 173 g/mol. The van der Waals surface area contributed by atoms with Gasteiger partial charge in [0.05, 0.1) is 0 Å². The molecule has 0 aromatic rings. The molecule has 0 aliphatic rings. The number of carbonyl (C=O) groups is 2. The van der Waals surface area contributed by atoms with Crippen molar-refractivity contribution in [3.05, 3.63) is 0 Å². The molecular weight excluding hydrogens is 169 g/mol. The summed E-state index contributed by atoms with van der Waals surface area (Å²) in [7, 11) is 0. The molecule has 0 rings (SSSR count). The summed E-state index contributed by atoms with van der Waals surface area (Å²) >= 11 is 4.03. The normalized spacial score (nSPS) is 7.11. The molecule has 0 heterocycles. The van der Waals surface area contributed by atoms with Crippen molar-refractivity contribution >= 4 is 23.8 Å². The van der Waals surface area contributed by atoms with Crippen molar-refractivity contribution in [1.29, 1.82) is 0 Å². The molecule has 0 unspecified atom stereocenters. The van der Waals surface area contributed by atoms with Crippen LogP contribution in [0.5, 0.6) is 0 Å². The summed E-state index contributed by atoms with van der Waals surface area (Å²) in [6.07, 6.45) is -0.983. The van der Waals surface area contributed by atoms with E-state index in [0.717, 1.165) is 0 Å². The second kappa shape index (κ2) is 6.91. The number of primary amides is 1. The first-order chi connectivity index (χ1) is 3.63. The van der Waals surface area contributed by atoms with Crippen molar-refractivity contribution in [2.45, 2.75) is 0 Å². The molecule has 0 aliphatic heterocycles. The van der Waals surface area contributed by atoms with Crippen LogP contribution in [0.4, 0.5) is 4.79 Å². The number of ether oxygens (including phenoxy) is 1. The van der Waals surface area contributed by atoms with Crippen LogP contribution in [0.25, 0.3) is 0 Å². The Hall–Kier alpha value is 0.796. The molecule has 0 fully saturated rings. The maximum atomic E-state index is 9.83. The van der Waals surface area contributed by atoms with Crippen LogP contribution in [0, 0.1) is 0 Å². The zero-order valence-corrected chi connectivity index (χ0v) is 8.86. The van der Waals surface area contributed by atoms with Gasteiger partial charge < -0.3 is 27.9 Å². The Morgan fingerprint density at radius 3 is 2.11 bits per heavy atom. The average Bonchev–Trinajstić information content (AvgIpc) is 1.61. The molecule has 0 atom stereocenters. The summed E-state index contributed by atoms with van der Waals surface area (Å²) in [6, 6.07) is 0. The molecule has 6 heteroatoms. The summed E-state index contributed by atoms with van der Waals surface area (Å²) in [5.74, 6) is 0. The third-order valence-electron chi connectivity index (χ3n) is 0.332. The van der Waals surface area contributed by atoms with Crippen molar-refractivity contribution in [2.75, 3.05) is 6.61 Å². The van der Waals surface area contributed by atoms with Gasteiger partial charge in [-0.15, -0.1) is 0 Å². The van der Waals surface area contributed by atoms with E-state index >= 15 is 0 Å². The molecule has 0 radical (unpaired) electrons. The van der Waals surface area contributed by atoms with Crippen LogP contribution < -0.4 is 57.1 Å². The van der Waals surface area contributed by atoms with Crippen LogP contribution in [0.1, 0.15) is 0 Å². The number of rotatable bonds is 2. The number of amides is 1. The van der Waals surface area contributed by atoms with E-state index < -0.39 is 17.8 Å². The molecule has 0 spiro atoms. The SMILES string of the molecule is NC(=O)OCC(=O)[S-].[K+]. The van der Waals surface area contributed by atoms with Gasteiger partial charge in [-0.05, 0) is 0 Å². The fraction of sp³-hybridized carbons (Fsp3) is 0.333. The summed E-state index contributed by atoms with van der Waals surface area (Å²) in [5.41, 5.74) is 4.48. The fourth-order valence-electron chi connectivity index (χ4n) is 0.130. The van der Waals surface area contributed by atoms with Gasteiger partial charge in [-0.25, -0.2) is 4.79 Å². The summed E-state index contributed by atoms with van der Waals surface area (Å²) < 4.78 is 3.99. The van der Waals surface area contributed by atoms with Crippen molar-refractivity contribution in [3.63, 3.8) is 0 Å². The Kier molecular flexibility index (Phi) is 9.57. The number of nitrogens with two attached hydrogens (primary N) is 1. The summed E-state index contributed by atoms with van der Waals surface area (Å²) in [5, 5.41) is -0.635. The second-order valence-electron chi connectivity index (χ2n) is 0.980. The first-order valence-corrected chi connectivity index (χ1v) is 2.16. The minimum atomic E-state index is -0.983. The molecule has 0 aromatic heterocycles. The molecule has 9 heavy (non-hydrogen) atoms. The maximum absolute atomic E-state index is 9.83. The molecule has 46 valence electrons. The quantitative estimate of drug-likeness (QED) is 0.343. The van der Waals surface area contributed by atoms with Gasteiger partial charge in [0.25, 0.3) is 0 Å². The second-order valence-corrected chi connectivity index (χ2v) is 1.44. The minimum absolute atomic E-state index is 0. The molecule has 1 amide bonds.